The smallest absolute Gasteiger partial charge is 0.255 e. The predicted octanol–water partition coefficient (Wildman–Crippen LogP) is 1.96. The van der Waals surface area contributed by atoms with E-state index in [9.17, 15) is 9.90 Å². The van der Waals surface area contributed by atoms with Crippen molar-refractivity contribution in [2.75, 3.05) is 25.9 Å². The Kier molecular flexibility index (Phi) is 7.91. The highest BCUT2D eigenvalue weighted by molar-refractivity contribution is 7.99. The van der Waals surface area contributed by atoms with Crippen molar-refractivity contribution in [3.05, 3.63) is 29.8 Å². The molecule has 25 heavy (non-hydrogen) atoms. The van der Waals surface area contributed by atoms with E-state index in [0.29, 0.717) is 19.1 Å². The molecule has 0 radical (unpaired) electrons. The molecule has 1 aliphatic carbocycles. The fourth-order valence-corrected chi connectivity index (χ4v) is 3.69. The van der Waals surface area contributed by atoms with Gasteiger partial charge in [0.2, 0.25) is 0 Å². The molecule has 2 unspecified atom stereocenters. The van der Waals surface area contributed by atoms with E-state index in [1.165, 1.54) is 18.9 Å². The Morgan fingerprint density at radius 3 is 2.80 bits per heavy atom. The third-order valence-electron chi connectivity index (χ3n) is 4.22. The average molecular weight is 365 g/mol. The number of thioether (sulfide) groups is 1. The van der Waals surface area contributed by atoms with Gasteiger partial charge in [-0.15, -0.1) is 0 Å². The molecular formula is C18H28N4O2S. The molecule has 0 saturated heterocycles. The molecule has 1 fully saturated rings. The SMILES string of the molecule is CCNC(=NCCNC(=O)c1ccccc1O)NC1CCC(SC)C1. The number of carbonyl (C=O) groups excluding carboxylic acids is 1. The topological polar surface area (TPSA) is 85.8 Å². The number of para-hydroxylation sites is 1. The second kappa shape index (κ2) is 10.2. The zero-order valence-corrected chi connectivity index (χ0v) is 15.7. The third kappa shape index (κ3) is 6.16. The van der Waals surface area contributed by atoms with Crippen molar-refractivity contribution < 1.29 is 9.90 Å². The summed E-state index contributed by atoms with van der Waals surface area (Å²) in [5.41, 5.74) is 0.283. The van der Waals surface area contributed by atoms with Crippen LogP contribution in [0.4, 0.5) is 0 Å². The van der Waals surface area contributed by atoms with Crippen LogP contribution in [0, 0.1) is 0 Å². The molecule has 0 spiro atoms. The van der Waals surface area contributed by atoms with Crippen molar-refractivity contribution in [2.24, 2.45) is 4.99 Å². The summed E-state index contributed by atoms with van der Waals surface area (Å²) in [5, 5.41) is 19.9. The van der Waals surface area contributed by atoms with Gasteiger partial charge in [0.05, 0.1) is 12.1 Å². The molecular weight excluding hydrogens is 336 g/mol. The molecule has 6 nitrogen and oxygen atoms in total. The van der Waals surface area contributed by atoms with Gasteiger partial charge in [0.15, 0.2) is 5.96 Å². The third-order valence-corrected chi connectivity index (χ3v) is 5.31. The number of carbonyl (C=O) groups is 1. The largest absolute Gasteiger partial charge is 0.507 e. The van der Waals surface area contributed by atoms with Gasteiger partial charge in [0.1, 0.15) is 5.75 Å². The fraction of sp³-hybridized carbons (Fsp3) is 0.556. The van der Waals surface area contributed by atoms with Crippen LogP contribution in [0.5, 0.6) is 5.75 Å². The summed E-state index contributed by atoms with van der Waals surface area (Å²) >= 11 is 1.93. The van der Waals surface area contributed by atoms with Crippen molar-refractivity contribution >= 4 is 23.6 Å². The normalized spacial score (nSPS) is 20.3. The van der Waals surface area contributed by atoms with Crippen molar-refractivity contribution in [2.45, 2.75) is 37.5 Å². The highest BCUT2D eigenvalue weighted by Crippen LogP contribution is 2.27. The monoisotopic (exact) mass is 364 g/mol. The van der Waals surface area contributed by atoms with E-state index in [1.54, 1.807) is 18.2 Å². The minimum absolute atomic E-state index is 0.0110. The lowest BCUT2D eigenvalue weighted by Crippen LogP contribution is -2.43. The number of hydrogen-bond donors (Lipinski definition) is 4. The lowest BCUT2D eigenvalue weighted by Gasteiger charge is -2.17. The number of rotatable bonds is 7. The number of nitrogens with zero attached hydrogens (tertiary/aromatic N) is 1. The first kappa shape index (κ1) is 19.4. The summed E-state index contributed by atoms with van der Waals surface area (Å²) in [6.07, 6.45) is 5.74. The molecule has 1 saturated carbocycles. The number of phenols is 1. The Bertz CT molecular complexity index is 594. The van der Waals surface area contributed by atoms with E-state index >= 15 is 0 Å². The van der Waals surface area contributed by atoms with Gasteiger partial charge in [-0.05, 0) is 44.6 Å². The Morgan fingerprint density at radius 1 is 1.32 bits per heavy atom. The number of hydrogen-bond acceptors (Lipinski definition) is 4. The summed E-state index contributed by atoms with van der Waals surface area (Å²) in [6.45, 7) is 3.74. The number of aromatic hydroxyl groups is 1. The fourth-order valence-electron chi connectivity index (χ4n) is 2.90. The number of amides is 1. The number of nitrogens with one attached hydrogen (secondary N) is 3. The number of phenolic OH excluding ortho intramolecular Hbond substituents is 1. The Labute approximate surface area is 153 Å². The molecule has 0 aliphatic heterocycles. The van der Waals surface area contributed by atoms with E-state index < -0.39 is 0 Å². The Morgan fingerprint density at radius 2 is 2.12 bits per heavy atom. The minimum atomic E-state index is -0.287. The van der Waals surface area contributed by atoms with Gasteiger partial charge in [0, 0.05) is 24.4 Å². The maximum absolute atomic E-state index is 12.0. The second-order valence-electron chi connectivity index (χ2n) is 6.05. The van der Waals surface area contributed by atoms with Crippen LogP contribution in [-0.4, -0.2) is 54.2 Å². The zero-order valence-electron chi connectivity index (χ0n) is 14.9. The van der Waals surface area contributed by atoms with Crippen LogP contribution in [0.25, 0.3) is 0 Å². The lowest BCUT2D eigenvalue weighted by atomic mass is 10.2. The summed E-state index contributed by atoms with van der Waals surface area (Å²) in [4.78, 5) is 16.6. The number of aliphatic imine (C=N–C) groups is 1. The highest BCUT2D eigenvalue weighted by Gasteiger charge is 2.24. The van der Waals surface area contributed by atoms with Crippen LogP contribution in [0.15, 0.2) is 29.3 Å². The summed E-state index contributed by atoms with van der Waals surface area (Å²) in [6, 6.07) is 6.98. The number of guanidine groups is 1. The maximum atomic E-state index is 12.0. The first-order valence-electron chi connectivity index (χ1n) is 8.77. The van der Waals surface area contributed by atoms with Crippen LogP contribution in [-0.2, 0) is 0 Å². The average Bonchev–Trinajstić information content (AvgIpc) is 3.06. The molecule has 2 atom stereocenters. The quantitative estimate of drug-likeness (QED) is 0.338. The van der Waals surface area contributed by atoms with Crippen molar-refractivity contribution in [3.63, 3.8) is 0 Å². The molecule has 2 rings (SSSR count). The molecule has 1 aliphatic rings. The maximum Gasteiger partial charge on any atom is 0.255 e. The molecule has 0 heterocycles. The van der Waals surface area contributed by atoms with E-state index in [4.69, 9.17) is 0 Å². The zero-order chi connectivity index (χ0) is 18.1. The molecule has 138 valence electrons. The van der Waals surface area contributed by atoms with Crippen LogP contribution in [0.3, 0.4) is 0 Å². The van der Waals surface area contributed by atoms with Gasteiger partial charge in [-0.1, -0.05) is 12.1 Å². The molecule has 1 amide bonds. The summed E-state index contributed by atoms with van der Waals surface area (Å²) in [5.74, 6) is 0.499. The van der Waals surface area contributed by atoms with Crippen molar-refractivity contribution in [1.29, 1.82) is 0 Å². The molecule has 7 heteroatoms. The van der Waals surface area contributed by atoms with Gasteiger partial charge in [0.25, 0.3) is 5.91 Å². The van der Waals surface area contributed by atoms with Crippen LogP contribution in [0.2, 0.25) is 0 Å². The van der Waals surface area contributed by atoms with Crippen LogP contribution >= 0.6 is 11.8 Å². The van der Waals surface area contributed by atoms with E-state index in [-0.39, 0.29) is 17.2 Å². The Balaban J connectivity index is 1.79. The van der Waals surface area contributed by atoms with Gasteiger partial charge < -0.3 is 21.1 Å². The van der Waals surface area contributed by atoms with Crippen molar-refractivity contribution in [3.8, 4) is 5.75 Å². The summed E-state index contributed by atoms with van der Waals surface area (Å²) in [7, 11) is 0. The van der Waals surface area contributed by atoms with Gasteiger partial charge in [-0.3, -0.25) is 9.79 Å². The van der Waals surface area contributed by atoms with Crippen LogP contribution in [0.1, 0.15) is 36.5 Å². The first-order chi connectivity index (χ1) is 12.1. The number of benzene rings is 1. The van der Waals surface area contributed by atoms with E-state index in [0.717, 1.165) is 24.2 Å². The van der Waals surface area contributed by atoms with E-state index in [2.05, 4.69) is 27.2 Å². The molecule has 0 aromatic heterocycles. The van der Waals surface area contributed by atoms with Gasteiger partial charge >= 0.3 is 0 Å². The molecule has 0 bridgehead atoms. The highest BCUT2D eigenvalue weighted by atomic mass is 32.2. The molecule has 1 aromatic carbocycles. The Hall–Kier alpha value is -1.89. The minimum Gasteiger partial charge on any atom is -0.507 e. The second-order valence-corrected chi connectivity index (χ2v) is 7.18. The standard InChI is InChI=1S/C18H28N4O2S/c1-3-19-18(22-13-8-9-14(12-13)25-2)21-11-10-20-17(24)15-6-4-5-7-16(15)23/h4-7,13-14,23H,3,8-12H2,1-2H3,(H,20,24)(H2,19,21,22). The molecule has 1 aromatic rings. The van der Waals surface area contributed by atoms with E-state index in [1.807, 2.05) is 18.7 Å². The predicted molar refractivity (Wildman–Crippen MR) is 104 cm³/mol. The lowest BCUT2D eigenvalue weighted by molar-refractivity contribution is 0.0952. The van der Waals surface area contributed by atoms with Gasteiger partial charge in [-0.25, -0.2) is 0 Å². The summed E-state index contributed by atoms with van der Waals surface area (Å²) < 4.78 is 0. The first-order valence-corrected chi connectivity index (χ1v) is 10.1. The van der Waals surface area contributed by atoms with Crippen LogP contribution < -0.4 is 16.0 Å². The van der Waals surface area contributed by atoms with Crippen molar-refractivity contribution in [1.82, 2.24) is 16.0 Å². The van der Waals surface area contributed by atoms with Gasteiger partial charge in [-0.2, -0.15) is 11.8 Å². The molecule has 4 N–H and O–H groups in total.